The molecule has 1 fully saturated rings. The summed E-state index contributed by atoms with van der Waals surface area (Å²) in [4.78, 5) is 0. The predicted molar refractivity (Wildman–Crippen MR) is 126 cm³/mol. The molecule has 0 amide bonds. The van der Waals surface area contributed by atoms with Gasteiger partial charge in [0.25, 0.3) is 0 Å². The van der Waals surface area contributed by atoms with Crippen molar-refractivity contribution in [2.75, 3.05) is 0 Å². The van der Waals surface area contributed by atoms with Gasteiger partial charge in [0.1, 0.15) is 28.9 Å². The molecule has 166 valence electrons. The van der Waals surface area contributed by atoms with Crippen LogP contribution in [0.2, 0.25) is 0 Å². The van der Waals surface area contributed by atoms with Gasteiger partial charge in [0.2, 0.25) is 5.88 Å². The van der Waals surface area contributed by atoms with Gasteiger partial charge in [-0.15, -0.1) is 0 Å². The number of hydrogen-bond donors (Lipinski definition) is 3. The Bertz CT molecular complexity index is 1390. The van der Waals surface area contributed by atoms with Gasteiger partial charge in [-0.3, -0.25) is 9.67 Å². The van der Waals surface area contributed by atoms with Crippen molar-refractivity contribution in [3.05, 3.63) is 66.6 Å². The first-order valence-electron chi connectivity index (χ1n) is 11.3. The first-order chi connectivity index (χ1) is 16.2. The minimum Gasteiger partial charge on any atom is -0.508 e. The van der Waals surface area contributed by atoms with E-state index in [1.165, 1.54) is 19.3 Å². The molecule has 1 aliphatic rings. The first kappa shape index (κ1) is 19.7. The molecule has 0 unspecified atom stereocenters. The molecule has 3 aromatic heterocycles. The van der Waals surface area contributed by atoms with Gasteiger partial charge in [-0.05, 0) is 49.2 Å². The quantitative estimate of drug-likeness (QED) is 0.312. The Balaban J connectivity index is 1.55. The lowest BCUT2D eigenvalue weighted by molar-refractivity contribution is 0.414. The summed E-state index contributed by atoms with van der Waals surface area (Å²) in [7, 11) is 0. The number of aromatic nitrogens is 4. The van der Waals surface area contributed by atoms with E-state index in [1.54, 1.807) is 18.4 Å². The molecule has 2 aromatic carbocycles. The zero-order chi connectivity index (χ0) is 22.4. The number of phenols is 1. The minimum absolute atomic E-state index is 0.164. The lowest BCUT2D eigenvalue weighted by Crippen LogP contribution is -2.10. The smallest absolute Gasteiger partial charge is 0.222 e. The van der Waals surface area contributed by atoms with Crippen LogP contribution in [0.1, 0.15) is 43.7 Å². The standard InChI is InChI=1S/C26H24N4O3/c31-20-12-8-17(9-13-20)23-22-24(28-27-23)26(32)30(25(22)18-4-2-1-3-5-18)19-10-6-16(7-11-19)21-14-15-33-29-21/h6-15,18,28,31-32H,1-5H2. The molecule has 3 heterocycles. The summed E-state index contributed by atoms with van der Waals surface area (Å²) in [5, 5.41) is 33.7. The van der Waals surface area contributed by atoms with Gasteiger partial charge in [-0.25, -0.2) is 0 Å². The van der Waals surface area contributed by atoms with Crippen LogP contribution in [0, 0.1) is 0 Å². The summed E-state index contributed by atoms with van der Waals surface area (Å²) in [5.41, 5.74) is 6.04. The van der Waals surface area contributed by atoms with E-state index >= 15 is 0 Å². The minimum atomic E-state index is 0.164. The molecular formula is C26H24N4O3. The Hall–Kier alpha value is -4.00. The molecular weight excluding hydrogens is 416 g/mol. The maximum absolute atomic E-state index is 11.3. The Morgan fingerprint density at radius 1 is 0.879 bits per heavy atom. The van der Waals surface area contributed by atoms with Gasteiger partial charge in [0.05, 0.1) is 5.39 Å². The molecule has 0 bridgehead atoms. The highest BCUT2D eigenvalue weighted by molar-refractivity contribution is 5.99. The van der Waals surface area contributed by atoms with Crippen LogP contribution >= 0.6 is 0 Å². The molecule has 0 radical (unpaired) electrons. The van der Waals surface area contributed by atoms with Crippen molar-refractivity contribution in [3.63, 3.8) is 0 Å². The number of phenolic OH excluding ortho intramolecular Hbond substituents is 1. The summed E-state index contributed by atoms with van der Waals surface area (Å²) < 4.78 is 6.94. The normalized spacial score (nSPS) is 14.8. The van der Waals surface area contributed by atoms with Crippen LogP contribution in [0.5, 0.6) is 11.6 Å². The van der Waals surface area contributed by atoms with Crippen molar-refractivity contribution in [1.82, 2.24) is 19.9 Å². The van der Waals surface area contributed by atoms with Crippen LogP contribution in [0.15, 0.2) is 65.4 Å². The molecule has 7 heteroatoms. The van der Waals surface area contributed by atoms with Crippen molar-refractivity contribution < 1.29 is 14.7 Å². The second-order valence-electron chi connectivity index (χ2n) is 8.68. The summed E-state index contributed by atoms with van der Waals surface area (Å²) in [5.74, 6) is 0.703. The Kier molecular flexibility index (Phi) is 4.68. The molecule has 0 aliphatic heterocycles. The highest BCUT2D eigenvalue weighted by Crippen LogP contribution is 2.45. The molecule has 3 N–H and O–H groups in total. The van der Waals surface area contributed by atoms with Gasteiger partial charge < -0.3 is 14.7 Å². The van der Waals surface area contributed by atoms with Crippen LogP contribution in [0.25, 0.3) is 39.1 Å². The summed E-state index contributed by atoms with van der Waals surface area (Å²) in [6.45, 7) is 0. The number of nitrogens with zero attached hydrogens (tertiary/aromatic N) is 3. The monoisotopic (exact) mass is 440 g/mol. The van der Waals surface area contributed by atoms with Crippen molar-refractivity contribution in [2.45, 2.75) is 38.0 Å². The van der Waals surface area contributed by atoms with Gasteiger partial charge in [0, 0.05) is 34.5 Å². The average Bonchev–Trinajstić information content (AvgIpc) is 3.59. The van der Waals surface area contributed by atoms with E-state index < -0.39 is 0 Å². The maximum Gasteiger partial charge on any atom is 0.222 e. The zero-order valence-corrected chi connectivity index (χ0v) is 18.0. The highest BCUT2D eigenvalue weighted by atomic mass is 16.5. The highest BCUT2D eigenvalue weighted by Gasteiger charge is 2.29. The largest absolute Gasteiger partial charge is 0.508 e. The van der Waals surface area contributed by atoms with Gasteiger partial charge in [0.15, 0.2) is 0 Å². The summed E-state index contributed by atoms with van der Waals surface area (Å²) in [6, 6.07) is 16.9. The number of aromatic amines is 1. The van der Waals surface area contributed by atoms with Crippen LogP contribution < -0.4 is 0 Å². The van der Waals surface area contributed by atoms with Gasteiger partial charge in [-0.1, -0.05) is 36.6 Å². The van der Waals surface area contributed by atoms with Gasteiger partial charge in [-0.2, -0.15) is 5.10 Å². The van der Waals surface area contributed by atoms with E-state index in [4.69, 9.17) is 4.52 Å². The molecule has 6 rings (SSSR count). The Morgan fingerprint density at radius 3 is 2.30 bits per heavy atom. The topological polar surface area (TPSA) is 100 Å². The van der Waals surface area contributed by atoms with E-state index in [0.29, 0.717) is 11.4 Å². The number of hydrogen-bond acceptors (Lipinski definition) is 5. The lowest BCUT2D eigenvalue weighted by Gasteiger charge is -2.24. The van der Waals surface area contributed by atoms with E-state index in [9.17, 15) is 10.2 Å². The SMILES string of the molecule is Oc1ccc(-c2n[nH]c3c(O)n(-c4ccc(-c5ccon5)cc4)c(C4CCCCC4)c23)cc1. The van der Waals surface area contributed by atoms with Crippen LogP contribution in [0.3, 0.4) is 0 Å². The molecule has 1 aliphatic carbocycles. The maximum atomic E-state index is 11.3. The fourth-order valence-corrected chi connectivity index (χ4v) is 5.09. The molecule has 5 aromatic rings. The number of nitrogens with one attached hydrogen (secondary N) is 1. The average molecular weight is 441 g/mol. The third-order valence-electron chi connectivity index (χ3n) is 6.69. The number of benzene rings is 2. The zero-order valence-electron chi connectivity index (χ0n) is 18.0. The van der Waals surface area contributed by atoms with Crippen molar-refractivity contribution in [2.24, 2.45) is 0 Å². The predicted octanol–water partition coefficient (Wildman–Crippen LogP) is 6.13. The number of rotatable bonds is 4. The number of aromatic hydroxyl groups is 2. The summed E-state index contributed by atoms with van der Waals surface area (Å²) >= 11 is 0. The number of fused-ring (bicyclic) bond motifs is 1. The first-order valence-corrected chi connectivity index (χ1v) is 11.3. The van der Waals surface area contributed by atoms with Gasteiger partial charge >= 0.3 is 0 Å². The second-order valence-corrected chi connectivity index (χ2v) is 8.68. The fourth-order valence-electron chi connectivity index (χ4n) is 5.09. The van der Waals surface area contributed by atoms with Crippen molar-refractivity contribution >= 4 is 10.9 Å². The van der Waals surface area contributed by atoms with E-state index in [-0.39, 0.29) is 11.6 Å². The molecule has 1 saturated carbocycles. The molecule has 0 saturated heterocycles. The summed E-state index contributed by atoms with van der Waals surface area (Å²) in [6.07, 6.45) is 7.31. The Labute approximate surface area is 190 Å². The van der Waals surface area contributed by atoms with E-state index in [1.807, 2.05) is 47.0 Å². The van der Waals surface area contributed by atoms with Crippen LogP contribution in [0.4, 0.5) is 0 Å². The third kappa shape index (κ3) is 3.28. The third-order valence-corrected chi connectivity index (χ3v) is 6.69. The lowest BCUT2D eigenvalue weighted by atomic mass is 9.85. The van der Waals surface area contributed by atoms with Crippen LogP contribution in [-0.4, -0.2) is 30.1 Å². The molecule has 33 heavy (non-hydrogen) atoms. The molecule has 0 atom stereocenters. The van der Waals surface area contributed by atoms with Crippen molar-refractivity contribution in [1.29, 1.82) is 0 Å². The second kappa shape index (κ2) is 7.85. The number of H-pyrrole nitrogens is 1. The Morgan fingerprint density at radius 2 is 1.61 bits per heavy atom. The van der Waals surface area contributed by atoms with Crippen LogP contribution in [-0.2, 0) is 0 Å². The fraction of sp³-hybridized carbons (Fsp3) is 0.231. The van der Waals surface area contributed by atoms with Crippen molar-refractivity contribution in [3.8, 4) is 39.8 Å². The van der Waals surface area contributed by atoms with E-state index in [2.05, 4.69) is 15.4 Å². The molecule has 7 nitrogen and oxygen atoms in total. The molecule has 0 spiro atoms. The van der Waals surface area contributed by atoms with E-state index in [0.717, 1.165) is 52.1 Å².